The summed E-state index contributed by atoms with van der Waals surface area (Å²) in [5.41, 5.74) is -0.884. The van der Waals surface area contributed by atoms with Crippen LogP contribution in [-0.4, -0.2) is 25.2 Å². The van der Waals surface area contributed by atoms with Crippen LogP contribution in [0.15, 0.2) is 24.3 Å². The summed E-state index contributed by atoms with van der Waals surface area (Å²) in [6.07, 6.45) is 0. The summed E-state index contributed by atoms with van der Waals surface area (Å²) >= 11 is 0. The molecule has 0 atom stereocenters. The maximum atomic E-state index is 12.2. The second-order valence-electron chi connectivity index (χ2n) is 4.04. The summed E-state index contributed by atoms with van der Waals surface area (Å²) in [5, 5.41) is 2.48. The van der Waals surface area contributed by atoms with E-state index in [9.17, 15) is 13.6 Å². The number of para-hydroxylation sites is 2. The number of nitrogens with one attached hydrogen (secondary N) is 1. The van der Waals surface area contributed by atoms with Crippen molar-refractivity contribution >= 4 is 11.6 Å². The minimum absolute atomic E-state index is 0.0900. The number of hydrogen-bond donors (Lipinski definition) is 1. The third kappa shape index (κ3) is 3.66. The van der Waals surface area contributed by atoms with Gasteiger partial charge in [0.2, 0.25) is 0 Å². The Morgan fingerprint density at radius 1 is 1.33 bits per heavy atom. The molecule has 100 valence electrons. The van der Waals surface area contributed by atoms with Crippen molar-refractivity contribution in [1.82, 2.24) is 0 Å². The molecule has 0 aromatic heterocycles. The van der Waals surface area contributed by atoms with Crippen molar-refractivity contribution < 1.29 is 23.0 Å². The van der Waals surface area contributed by atoms with E-state index in [1.807, 2.05) is 0 Å². The molecule has 0 saturated carbocycles. The van der Waals surface area contributed by atoms with Gasteiger partial charge in [-0.25, -0.2) is 0 Å². The second-order valence-corrected chi connectivity index (χ2v) is 4.04. The second kappa shape index (κ2) is 5.77. The van der Waals surface area contributed by atoms with Gasteiger partial charge in [-0.05, 0) is 26.0 Å². The molecule has 1 amide bonds. The van der Waals surface area contributed by atoms with Crippen LogP contribution in [0.3, 0.4) is 0 Å². The Kier molecular flexibility index (Phi) is 4.61. The van der Waals surface area contributed by atoms with E-state index in [0.29, 0.717) is 0 Å². The highest BCUT2D eigenvalue weighted by atomic mass is 19.3. The van der Waals surface area contributed by atoms with Crippen molar-refractivity contribution in [2.24, 2.45) is 0 Å². The smallest absolute Gasteiger partial charge is 0.387 e. The van der Waals surface area contributed by atoms with Gasteiger partial charge in [0.25, 0.3) is 5.91 Å². The Bertz CT molecular complexity index is 422. The van der Waals surface area contributed by atoms with Crippen LogP contribution in [0.4, 0.5) is 14.5 Å². The summed E-state index contributed by atoms with van der Waals surface area (Å²) in [6, 6.07) is 5.96. The molecule has 1 aromatic carbocycles. The van der Waals surface area contributed by atoms with Crippen LogP contribution in [0.25, 0.3) is 0 Å². The van der Waals surface area contributed by atoms with Crippen molar-refractivity contribution in [1.29, 1.82) is 0 Å². The lowest BCUT2D eigenvalue weighted by molar-refractivity contribution is -0.133. The van der Waals surface area contributed by atoms with Gasteiger partial charge in [-0.15, -0.1) is 0 Å². The standard InChI is InChI=1S/C12H15F2NO3/c1-12(2,17-3)10(16)15-8-6-4-5-7-9(8)18-11(13)14/h4-7,11H,1-3H3,(H,15,16). The molecule has 0 bridgehead atoms. The molecule has 0 fully saturated rings. The van der Waals surface area contributed by atoms with Crippen molar-refractivity contribution in [2.75, 3.05) is 12.4 Å². The molecule has 4 nitrogen and oxygen atoms in total. The molecule has 6 heteroatoms. The molecule has 1 rings (SSSR count). The first-order valence-corrected chi connectivity index (χ1v) is 5.27. The quantitative estimate of drug-likeness (QED) is 0.884. The highest BCUT2D eigenvalue weighted by molar-refractivity contribution is 5.97. The summed E-state index contributed by atoms with van der Waals surface area (Å²) in [6.45, 7) is 0.191. The minimum Gasteiger partial charge on any atom is -0.433 e. The fourth-order valence-corrected chi connectivity index (χ4v) is 1.13. The van der Waals surface area contributed by atoms with Gasteiger partial charge in [0, 0.05) is 7.11 Å². The van der Waals surface area contributed by atoms with Gasteiger partial charge in [0.05, 0.1) is 5.69 Å². The lowest BCUT2D eigenvalue weighted by Crippen LogP contribution is -2.38. The maximum absolute atomic E-state index is 12.2. The minimum atomic E-state index is -2.95. The van der Waals surface area contributed by atoms with Crippen LogP contribution >= 0.6 is 0 Å². The average molecular weight is 259 g/mol. The summed E-state index contributed by atoms with van der Waals surface area (Å²) in [4.78, 5) is 11.8. The van der Waals surface area contributed by atoms with Crippen LogP contribution in [0.2, 0.25) is 0 Å². The molecule has 0 aliphatic rings. The van der Waals surface area contributed by atoms with Crippen molar-refractivity contribution in [3.05, 3.63) is 24.3 Å². The van der Waals surface area contributed by atoms with Crippen LogP contribution in [0, 0.1) is 0 Å². The number of benzene rings is 1. The van der Waals surface area contributed by atoms with Crippen LogP contribution in [0.5, 0.6) is 5.75 Å². The average Bonchev–Trinajstić information content (AvgIpc) is 2.31. The Hall–Kier alpha value is -1.69. The first kappa shape index (κ1) is 14.4. The topological polar surface area (TPSA) is 47.6 Å². The molecular weight excluding hydrogens is 244 g/mol. The van der Waals surface area contributed by atoms with Crippen LogP contribution in [0.1, 0.15) is 13.8 Å². The number of ether oxygens (including phenoxy) is 2. The Morgan fingerprint density at radius 2 is 1.94 bits per heavy atom. The van der Waals surface area contributed by atoms with E-state index in [2.05, 4.69) is 10.1 Å². The van der Waals surface area contributed by atoms with Gasteiger partial charge in [-0.2, -0.15) is 8.78 Å². The van der Waals surface area contributed by atoms with Crippen LogP contribution in [-0.2, 0) is 9.53 Å². The molecule has 0 heterocycles. The number of anilines is 1. The van der Waals surface area contributed by atoms with Gasteiger partial charge < -0.3 is 14.8 Å². The van der Waals surface area contributed by atoms with E-state index in [1.165, 1.54) is 25.3 Å². The van der Waals surface area contributed by atoms with E-state index >= 15 is 0 Å². The molecule has 0 aliphatic heterocycles. The molecule has 0 radical (unpaired) electrons. The lowest BCUT2D eigenvalue weighted by Gasteiger charge is -2.22. The number of carbonyl (C=O) groups excluding carboxylic acids is 1. The number of methoxy groups -OCH3 is 1. The number of rotatable bonds is 5. The third-order valence-electron chi connectivity index (χ3n) is 2.41. The van der Waals surface area contributed by atoms with E-state index in [1.54, 1.807) is 19.9 Å². The van der Waals surface area contributed by atoms with E-state index in [4.69, 9.17) is 4.74 Å². The van der Waals surface area contributed by atoms with Gasteiger partial charge >= 0.3 is 6.61 Å². The maximum Gasteiger partial charge on any atom is 0.387 e. The SMILES string of the molecule is COC(C)(C)C(=O)Nc1ccccc1OC(F)F. The first-order valence-electron chi connectivity index (χ1n) is 5.27. The lowest BCUT2D eigenvalue weighted by atomic mass is 10.1. The monoisotopic (exact) mass is 259 g/mol. The molecule has 0 unspecified atom stereocenters. The Balaban J connectivity index is 2.87. The number of alkyl halides is 2. The Labute approximate surface area is 104 Å². The molecule has 0 saturated heterocycles. The molecular formula is C12H15F2NO3. The Morgan fingerprint density at radius 3 is 2.50 bits per heavy atom. The summed E-state index contributed by atoms with van der Waals surface area (Å²) in [5.74, 6) is -0.539. The highest BCUT2D eigenvalue weighted by Crippen LogP contribution is 2.26. The third-order valence-corrected chi connectivity index (χ3v) is 2.41. The first-order chi connectivity index (χ1) is 8.36. The summed E-state index contributed by atoms with van der Waals surface area (Å²) < 4.78 is 33.7. The highest BCUT2D eigenvalue weighted by Gasteiger charge is 2.27. The summed E-state index contributed by atoms with van der Waals surface area (Å²) in [7, 11) is 1.39. The zero-order valence-electron chi connectivity index (χ0n) is 10.4. The number of amides is 1. The number of halogens is 2. The van der Waals surface area contributed by atoms with Crippen LogP contribution < -0.4 is 10.1 Å². The molecule has 0 spiro atoms. The van der Waals surface area contributed by atoms with E-state index < -0.39 is 18.1 Å². The zero-order chi connectivity index (χ0) is 13.8. The van der Waals surface area contributed by atoms with Crippen molar-refractivity contribution in [2.45, 2.75) is 26.1 Å². The van der Waals surface area contributed by atoms with Gasteiger partial charge in [-0.1, -0.05) is 12.1 Å². The zero-order valence-corrected chi connectivity index (χ0v) is 10.4. The normalized spacial score (nSPS) is 11.4. The predicted molar refractivity (Wildman–Crippen MR) is 62.8 cm³/mol. The van der Waals surface area contributed by atoms with Crippen molar-refractivity contribution in [3.63, 3.8) is 0 Å². The molecule has 1 aromatic rings. The fraction of sp³-hybridized carbons (Fsp3) is 0.417. The molecule has 1 N–H and O–H groups in total. The predicted octanol–water partition coefficient (Wildman–Crippen LogP) is 2.65. The van der Waals surface area contributed by atoms with Gasteiger partial charge in [-0.3, -0.25) is 4.79 Å². The van der Waals surface area contributed by atoms with Gasteiger partial charge in [0.15, 0.2) is 0 Å². The van der Waals surface area contributed by atoms with E-state index in [-0.39, 0.29) is 11.4 Å². The van der Waals surface area contributed by atoms with Gasteiger partial charge in [0.1, 0.15) is 11.4 Å². The number of carbonyl (C=O) groups is 1. The number of hydrogen-bond acceptors (Lipinski definition) is 3. The molecule has 18 heavy (non-hydrogen) atoms. The van der Waals surface area contributed by atoms with E-state index in [0.717, 1.165) is 0 Å². The van der Waals surface area contributed by atoms with Crippen molar-refractivity contribution in [3.8, 4) is 5.75 Å². The largest absolute Gasteiger partial charge is 0.433 e. The molecule has 0 aliphatic carbocycles. The fourth-order valence-electron chi connectivity index (χ4n) is 1.13.